The van der Waals surface area contributed by atoms with E-state index in [1.807, 2.05) is 12.1 Å². The fourth-order valence-corrected chi connectivity index (χ4v) is 1.30. The summed E-state index contributed by atoms with van der Waals surface area (Å²) in [7, 11) is 0. The molecule has 0 fully saturated rings. The maximum absolute atomic E-state index is 9.31. The van der Waals surface area contributed by atoms with E-state index in [1.54, 1.807) is 6.92 Å². The Morgan fingerprint density at radius 1 is 1.46 bits per heavy atom. The van der Waals surface area contributed by atoms with Crippen molar-refractivity contribution in [2.75, 3.05) is 0 Å². The van der Waals surface area contributed by atoms with E-state index in [9.17, 15) is 5.11 Å². The molecule has 0 amide bonds. The van der Waals surface area contributed by atoms with E-state index >= 15 is 0 Å². The predicted molar refractivity (Wildman–Crippen MR) is 54.4 cm³/mol. The third-order valence-electron chi connectivity index (χ3n) is 2.26. The summed E-state index contributed by atoms with van der Waals surface area (Å²) < 4.78 is 0. The lowest BCUT2D eigenvalue weighted by atomic mass is 10.0. The second-order valence-electron chi connectivity index (χ2n) is 3.36. The fourth-order valence-electron chi connectivity index (χ4n) is 1.30. The molecule has 1 aromatic rings. The average molecular weight is 179 g/mol. The maximum atomic E-state index is 9.31. The average Bonchev–Trinajstić information content (AvgIpc) is 2.16. The molecule has 0 spiro atoms. The standard InChI is InChI=1S/C11H17NO/c1-3-9-5-4-6-10(7-9)11(12)8(2)13/h4-8,11,13H,3,12H2,1-2H3. The van der Waals surface area contributed by atoms with Gasteiger partial charge in [0.1, 0.15) is 0 Å². The molecule has 2 heteroatoms. The molecule has 0 heterocycles. The minimum absolute atomic E-state index is 0.272. The van der Waals surface area contributed by atoms with E-state index in [-0.39, 0.29) is 6.04 Å². The van der Waals surface area contributed by atoms with Gasteiger partial charge in [0.2, 0.25) is 0 Å². The maximum Gasteiger partial charge on any atom is 0.0704 e. The molecule has 0 aliphatic carbocycles. The van der Waals surface area contributed by atoms with Crippen molar-refractivity contribution in [3.05, 3.63) is 35.4 Å². The number of aryl methyl sites for hydroxylation is 1. The van der Waals surface area contributed by atoms with Crippen LogP contribution in [-0.4, -0.2) is 11.2 Å². The molecule has 0 aromatic heterocycles. The van der Waals surface area contributed by atoms with E-state index in [1.165, 1.54) is 5.56 Å². The summed E-state index contributed by atoms with van der Waals surface area (Å²) in [5.74, 6) is 0. The summed E-state index contributed by atoms with van der Waals surface area (Å²) in [4.78, 5) is 0. The van der Waals surface area contributed by atoms with Gasteiger partial charge in [0, 0.05) is 0 Å². The second kappa shape index (κ2) is 4.40. The number of aliphatic hydroxyl groups excluding tert-OH is 1. The van der Waals surface area contributed by atoms with Gasteiger partial charge in [-0.1, -0.05) is 31.2 Å². The lowest BCUT2D eigenvalue weighted by molar-refractivity contribution is 0.164. The SMILES string of the molecule is CCc1cccc(C(N)C(C)O)c1. The van der Waals surface area contributed by atoms with Crippen molar-refractivity contribution in [2.24, 2.45) is 5.73 Å². The summed E-state index contributed by atoms with van der Waals surface area (Å²) in [6, 6.07) is 7.79. The summed E-state index contributed by atoms with van der Waals surface area (Å²) in [6.07, 6.45) is 0.507. The molecule has 1 rings (SSSR count). The largest absolute Gasteiger partial charge is 0.391 e. The van der Waals surface area contributed by atoms with Crippen LogP contribution in [0.4, 0.5) is 0 Å². The zero-order chi connectivity index (χ0) is 9.84. The number of aliphatic hydroxyl groups is 1. The van der Waals surface area contributed by atoms with Gasteiger partial charge < -0.3 is 10.8 Å². The van der Waals surface area contributed by atoms with Gasteiger partial charge in [-0.05, 0) is 24.5 Å². The molecule has 3 N–H and O–H groups in total. The van der Waals surface area contributed by atoms with Crippen LogP contribution in [0.3, 0.4) is 0 Å². The van der Waals surface area contributed by atoms with Crippen LogP contribution in [0, 0.1) is 0 Å². The van der Waals surface area contributed by atoms with Crippen LogP contribution in [0.1, 0.15) is 31.0 Å². The highest BCUT2D eigenvalue weighted by Crippen LogP contribution is 2.15. The summed E-state index contributed by atoms with van der Waals surface area (Å²) in [5, 5.41) is 9.31. The van der Waals surface area contributed by atoms with Crippen molar-refractivity contribution >= 4 is 0 Å². The minimum Gasteiger partial charge on any atom is -0.391 e. The highest BCUT2D eigenvalue weighted by Gasteiger charge is 2.11. The minimum atomic E-state index is -0.493. The molecule has 0 aliphatic rings. The Morgan fingerprint density at radius 2 is 2.15 bits per heavy atom. The van der Waals surface area contributed by atoms with Crippen LogP contribution in [0.5, 0.6) is 0 Å². The van der Waals surface area contributed by atoms with Crippen molar-refractivity contribution in [2.45, 2.75) is 32.4 Å². The Kier molecular flexibility index (Phi) is 3.46. The zero-order valence-corrected chi connectivity index (χ0v) is 8.20. The monoisotopic (exact) mass is 179 g/mol. The number of nitrogens with two attached hydrogens (primary N) is 1. The Labute approximate surface area is 79.4 Å². The normalized spacial score (nSPS) is 15.4. The Bertz CT molecular complexity index is 271. The Balaban J connectivity index is 2.88. The molecular formula is C11H17NO. The van der Waals surface area contributed by atoms with E-state index in [4.69, 9.17) is 5.73 Å². The first-order valence-corrected chi connectivity index (χ1v) is 4.67. The first-order chi connectivity index (χ1) is 6.15. The van der Waals surface area contributed by atoms with Crippen molar-refractivity contribution in [1.82, 2.24) is 0 Å². The van der Waals surface area contributed by atoms with Crippen LogP contribution >= 0.6 is 0 Å². The summed E-state index contributed by atoms with van der Waals surface area (Å²) in [6.45, 7) is 3.82. The van der Waals surface area contributed by atoms with Gasteiger partial charge in [0.15, 0.2) is 0 Å². The molecule has 0 saturated heterocycles. The molecule has 1 aromatic carbocycles. The predicted octanol–water partition coefficient (Wildman–Crippen LogP) is 1.63. The first-order valence-electron chi connectivity index (χ1n) is 4.67. The molecule has 0 aliphatic heterocycles. The molecular weight excluding hydrogens is 162 g/mol. The molecule has 2 unspecified atom stereocenters. The number of benzene rings is 1. The lowest BCUT2D eigenvalue weighted by Gasteiger charge is -2.15. The molecule has 13 heavy (non-hydrogen) atoms. The van der Waals surface area contributed by atoms with Gasteiger partial charge in [-0.25, -0.2) is 0 Å². The van der Waals surface area contributed by atoms with Gasteiger partial charge in [0.25, 0.3) is 0 Å². The first kappa shape index (κ1) is 10.2. The van der Waals surface area contributed by atoms with Crippen LogP contribution in [0.2, 0.25) is 0 Å². The van der Waals surface area contributed by atoms with Crippen LogP contribution in [0.25, 0.3) is 0 Å². The van der Waals surface area contributed by atoms with E-state index in [0.29, 0.717) is 0 Å². The molecule has 0 bridgehead atoms. The van der Waals surface area contributed by atoms with E-state index < -0.39 is 6.10 Å². The third kappa shape index (κ3) is 2.54. The zero-order valence-electron chi connectivity index (χ0n) is 8.20. The smallest absolute Gasteiger partial charge is 0.0704 e. The van der Waals surface area contributed by atoms with Gasteiger partial charge >= 0.3 is 0 Å². The van der Waals surface area contributed by atoms with Crippen molar-refractivity contribution in [3.8, 4) is 0 Å². The number of hydrogen-bond donors (Lipinski definition) is 2. The van der Waals surface area contributed by atoms with Crippen molar-refractivity contribution in [1.29, 1.82) is 0 Å². The van der Waals surface area contributed by atoms with Crippen molar-refractivity contribution in [3.63, 3.8) is 0 Å². The van der Waals surface area contributed by atoms with Crippen LogP contribution in [0.15, 0.2) is 24.3 Å². The molecule has 0 saturated carbocycles. The van der Waals surface area contributed by atoms with Crippen LogP contribution < -0.4 is 5.73 Å². The quantitative estimate of drug-likeness (QED) is 0.740. The van der Waals surface area contributed by atoms with Crippen LogP contribution in [-0.2, 0) is 6.42 Å². The Morgan fingerprint density at radius 3 is 2.69 bits per heavy atom. The summed E-state index contributed by atoms with van der Waals surface area (Å²) >= 11 is 0. The lowest BCUT2D eigenvalue weighted by Crippen LogP contribution is -2.23. The molecule has 0 radical (unpaired) electrons. The van der Waals surface area contributed by atoms with Gasteiger partial charge in [0.05, 0.1) is 12.1 Å². The van der Waals surface area contributed by atoms with Gasteiger partial charge in [-0.2, -0.15) is 0 Å². The number of rotatable bonds is 3. The highest BCUT2D eigenvalue weighted by molar-refractivity contribution is 5.26. The Hall–Kier alpha value is -0.860. The van der Waals surface area contributed by atoms with E-state index in [0.717, 1.165) is 12.0 Å². The highest BCUT2D eigenvalue weighted by atomic mass is 16.3. The van der Waals surface area contributed by atoms with Crippen molar-refractivity contribution < 1.29 is 5.11 Å². The second-order valence-corrected chi connectivity index (χ2v) is 3.36. The number of hydrogen-bond acceptors (Lipinski definition) is 2. The third-order valence-corrected chi connectivity index (χ3v) is 2.26. The molecule has 2 nitrogen and oxygen atoms in total. The van der Waals surface area contributed by atoms with Gasteiger partial charge in [-0.15, -0.1) is 0 Å². The topological polar surface area (TPSA) is 46.2 Å². The molecule has 72 valence electrons. The fraction of sp³-hybridized carbons (Fsp3) is 0.455. The van der Waals surface area contributed by atoms with E-state index in [2.05, 4.69) is 19.1 Å². The van der Waals surface area contributed by atoms with Gasteiger partial charge in [-0.3, -0.25) is 0 Å². The molecule has 2 atom stereocenters. The summed E-state index contributed by atoms with van der Waals surface area (Å²) in [5.41, 5.74) is 8.08.